The van der Waals surface area contributed by atoms with Crippen LogP contribution < -0.4 is 10.7 Å². The summed E-state index contributed by atoms with van der Waals surface area (Å²) in [6, 6.07) is 9.88. The molecule has 0 atom stereocenters. The average molecular weight is 149 g/mol. The van der Waals surface area contributed by atoms with Crippen LogP contribution in [0.1, 0.15) is 0 Å². The standard InChI is InChI=1S/C8H11N3/c1-11(7-10-9)8-5-3-2-4-6-8/h2-7H,9H2,1H3. The molecule has 0 aliphatic rings. The maximum atomic E-state index is 4.99. The third-order valence-corrected chi connectivity index (χ3v) is 1.40. The summed E-state index contributed by atoms with van der Waals surface area (Å²) >= 11 is 0. The summed E-state index contributed by atoms with van der Waals surface area (Å²) in [4.78, 5) is 1.85. The SMILES string of the molecule is CN(C=NN)c1ccccc1. The van der Waals surface area contributed by atoms with E-state index in [1.807, 2.05) is 42.3 Å². The van der Waals surface area contributed by atoms with E-state index >= 15 is 0 Å². The van der Waals surface area contributed by atoms with Gasteiger partial charge in [0.25, 0.3) is 0 Å². The molecule has 1 aromatic rings. The molecular weight excluding hydrogens is 138 g/mol. The predicted molar refractivity (Wildman–Crippen MR) is 47.5 cm³/mol. The Morgan fingerprint density at radius 3 is 2.55 bits per heavy atom. The lowest BCUT2D eigenvalue weighted by atomic mass is 10.3. The van der Waals surface area contributed by atoms with Crippen molar-refractivity contribution in [3.63, 3.8) is 0 Å². The zero-order chi connectivity index (χ0) is 8.10. The Kier molecular flexibility index (Phi) is 2.49. The van der Waals surface area contributed by atoms with Crippen molar-refractivity contribution in [2.75, 3.05) is 11.9 Å². The molecule has 0 spiro atoms. The van der Waals surface area contributed by atoms with Crippen LogP contribution in [0.3, 0.4) is 0 Å². The van der Waals surface area contributed by atoms with Gasteiger partial charge in [0.1, 0.15) is 6.34 Å². The van der Waals surface area contributed by atoms with Gasteiger partial charge >= 0.3 is 0 Å². The van der Waals surface area contributed by atoms with E-state index in [-0.39, 0.29) is 0 Å². The number of hydrazone groups is 1. The second-order valence-electron chi connectivity index (χ2n) is 2.21. The summed E-state index contributed by atoms with van der Waals surface area (Å²) in [5.74, 6) is 4.99. The molecule has 0 aliphatic carbocycles. The molecule has 0 amide bonds. The molecule has 11 heavy (non-hydrogen) atoms. The van der Waals surface area contributed by atoms with Gasteiger partial charge in [-0.1, -0.05) is 18.2 Å². The number of hydrogen-bond donors (Lipinski definition) is 1. The lowest BCUT2D eigenvalue weighted by molar-refractivity contribution is 1.20. The summed E-state index contributed by atoms with van der Waals surface area (Å²) < 4.78 is 0. The molecule has 0 radical (unpaired) electrons. The van der Waals surface area contributed by atoms with Crippen LogP contribution in [0.4, 0.5) is 5.69 Å². The van der Waals surface area contributed by atoms with Gasteiger partial charge in [-0.3, -0.25) is 0 Å². The van der Waals surface area contributed by atoms with Crippen LogP contribution in [-0.2, 0) is 0 Å². The maximum absolute atomic E-state index is 4.99. The Balaban J connectivity index is 2.76. The molecule has 0 saturated heterocycles. The average Bonchev–Trinajstić information content (AvgIpc) is 2.07. The Morgan fingerprint density at radius 2 is 2.00 bits per heavy atom. The number of para-hydroxylation sites is 1. The highest BCUT2D eigenvalue weighted by molar-refractivity contribution is 5.77. The van der Waals surface area contributed by atoms with Crippen molar-refractivity contribution >= 4 is 12.0 Å². The van der Waals surface area contributed by atoms with Crippen molar-refractivity contribution in [1.82, 2.24) is 0 Å². The smallest absolute Gasteiger partial charge is 0.115 e. The normalized spacial score (nSPS) is 10.3. The number of benzene rings is 1. The van der Waals surface area contributed by atoms with E-state index in [1.54, 1.807) is 6.34 Å². The first-order valence-electron chi connectivity index (χ1n) is 3.36. The van der Waals surface area contributed by atoms with E-state index in [1.165, 1.54) is 0 Å². The predicted octanol–water partition coefficient (Wildman–Crippen LogP) is 1.02. The molecule has 58 valence electrons. The Labute approximate surface area is 66.1 Å². The van der Waals surface area contributed by atoms with Crippen LogP contribution in [0.2, 0.25) is 0 Å². The molecule has 0 aromatic heterocycles. The van der Waals surface area contributed by atoms with E-state index in [0.29, 0.717) is 0 Å². The van der Waals surface area contributed by atoms with Crippen molar-refractivity contribution in [3.05, 3.63) is 30.3 Å². The summed E-state index contributed by atoms with van der Waals surface area (Å²) in [7, 11) is 1.89. The lowest BCUT2D eigenvalue weighted by Crippen LogP contribution is -2.14. The lowest BCUT2D eigenvalue weighted by Gasteiger charge is -2.11. The van der Waals surface area contributed by atoms with Crippen molar-refractivity contribution < 1.29 is 0 Å². The van der Waals surface area contributed by atoms with Crippen LogP contribution in [0.5, 0.6) is 0 Å². The van der Waals surface area contributed by atoms with Gasteiger partial charge in [-0.25, -0.2) is 0 Å². The van der Waals surface area contributed by atoms with E-state index in [4.69, 9.17) is 5.84 Å². The number of nitrogens with two attached hydrogens (primary N) is 1. The van der Waals surface area contributed by atoms with Gasteiger partial charge in [0.05, 0.1) is 0 Å². The van der Waals surface area contributed by atoms with Crippen LogP contribution in [0, 0.1) is 0 Å². The number of nitrogens with zero attached hydrogens (tertiary/aromatic N) is 2. The topological polar surface area (TPSA) is 41.6 Å². The molecule has 3 nitrogen and oxygen atoms in total. The fourth-order valence-corrected chi connectivity index (χ4v) is 0.830. The Hall–Kier alpha value is -1.51. The summed E-state index contributed by atoms with van der Waals surface area (Å²) in [6.45, 7) is 0. The first-order chi connectivity index (χ1) is 5.34. The van der Waals surface area contributed by atoms with E-state index < -0.39 is 0 Å². The van der Waals surface area contributed by atoms with Gasteiger partial charge in [-0.15, -0.1) is 0 Å². The highest BCUT2D eigenvalue weighted by Gasteiger charge is 1.92. The van der Waals surface area contributed by atoms with E-state index in [0.717, 1.165) is 5.69 Å². The second-order valence-corrected chi connectivity index (χ2v) is 2.21. The van der Waals surface area contributed by atoms with Crippen molar-refractivity contribution in [3.8, 4) is 0 Å². The maximum Gasteiger partial charge on any atom is 0.115 e. The van der Waals surface area contributed by atoms with E-state index in [2.05, 4.69) is 5.10 Å². The molecule has 0 saturated carbocycles. The zero-order valence-corrected chi connectivity index (χ0v) is 6.44. The largest absolute Gasteiger partial charge is 0.334 e. The van der Waals surface area contributed by atoms with Crippen LogP contribution >= 0.6 is 0 Å². The highest BCUT2D eigenvalue weighted by Crippen LogP contribution is 2.08. The van der Waals surface area contributed by atoms with Crippen molar-refractivity contribution in [2.45, 2.75) is 0 Å². The third-order valence-electron chi connectivity index (χ3n) is 1.40. The van der Waals surface area contributed by atoms with Crippen molar-refractivity contribution in [1.29, 1.82) is 0 Å². The molecule has 1 aromatic carbocycles. The van der Waals surface area contributed by atoms with Gasteiger partial charge in [-0.05, 0) is 12.1 Å². The molecule has 3 heteroatoms. The van der Waals surface area contributed by atoms with Crippen molar-refractivity contribution in [2.24, 2.45) is 10.9 Å². The summed E-state index contributed by atoms with van der Waals surface area (Å²) in [5, 5.41) is 3.41. The fraction of sp³-hybridized carbons (Fsp3) is 0.125. The summed E-state index contributed by atoms with van der Waals surface area (Å²) in [6.07, 6.45) is 1.56. The molecule has 0 fully saturated rings. The molecule has 0 heterocycles. The molecule has 1 rings (SSSR count). The molecular formula is C8H11N3. The molecule has 0 bridgehead atoms. The fourth-order valence-electron chi connectivity index (χ4n) is 0.830. The third kappa shape index (κ3) is 1.97. The van der Waals surface area contributed by atoms with Gasteiger partial charge in [0.2, 0.25) is 0 Å². The quantitative estimate of drug-likeness (QED) is 0.295. The minimum atomic E-state index is 1.07. The first kappa shape index (κ1) is 7.60. The first-order valence-corrected chi connectivity index (χ1v) is 3.36. The van der Waals surface area contributed by atoms with Gasteiger partial charge in [-0.2, -0.15) is 5.10 Å². The van der Waals surface area contributed by atoms with E-state index in [9.17, 15) is 0 Å². The zero-order valence-electron chi connectivity index (χ0n) is 6.44. The minimum absolute atomic E-state index is 1.07. The van der Waals surface area contributed by atoms with Crippen LogP contribution in [0.15, 0.2) is 35.4 Å². The van der Waals surface area contributed by atoms with Crippen LogP contribution in [-0.4, -0.2) is 13.4 Å². The van der Waals surface area contributed by atoms with Gasteiger partial charge < -0.3 is 10.7 Å². The Bertz CT molecular complexity index is 230. The monoisotopic (exact) mass is 149 g/mol. The van der Waals surface area contributed by atoms with Gasteiger partial charge in [0, 0.05) is 12.7 Å². The molecule has 0 aliphatic heterocycles. The highest BCUT2D eigenvalue weighted by atomic mass is 15.2. The second kappa shape index (κ2) is 3.61. The minimum Gasteiger partial charge on any atom is -0.334 e. The van der Waals surface area contributed by atoms with Gasteiger partial charge in [0.15, 0.2) is 0 Å². The number of hydrogen-bond acceptors (Lipinski definition) is 2. The molecule has 0 unspecified atom stereocenters. The number of anilines is 1. The summed E-state index contributed by atoms with van der Waals surface area (Å²) in [5.41, 5.74) is 1.07. The number of rotatable bonds is 2. The molecule has 2 N–H and O–H groups in total. The van der Waals surface area contributed by atoms with Crippen LogP contribution in [0.25, 0.3) is 0 Å². The Morgan fingerprint density at radius 1 is 1.36 bits per heavy atom.